The molecule has 1 aliphatic rings. The molecule has 1 fully saturated rings. The van der Waals surface area contributed by atoms with Crippen LogP contribution in [0.15, 0.2) is 24.3 Å². The Labute approximate surface area is 99.0 Å². The van der Waals surface area contributed by atoms with Crippen molar-refractivity contribution in [2.75, 3.05) is 0 Å². The summed E-state index contributed by atoms with van der Waals surface area (Å²) in [5.74, 6) is 0.710. The molecule has 0 saturated heterocycles. The molecular formula is C15H23N. The molecule has 1 atom stereocenters. The van der Waals surface area contributed by atoms with Crippen LogP contribution in [0.5, 0.6) is 0 Å². The van der Waals surface area contributed by atoms with Crippen molar-refractivity contribution in [2.45, 2.75) is 51.5 Å². The Kier molecular flexibility index (Phi) is 4.00. The number of rotatable bonds is 3. The van der Waals surface area contributed by atoms with E-state index >= 15 is 0 Å². The van der Waals surface area contributed by atoms with Gasteiger partial charge in [0.2, 0.25) is 0 Å². The topological polar surface area (TPSA) is 26.0 Å². The fourth-order valence-electron chi connectivity index (χ4n) is 2.93. The number of hydrogen-bond donors (Lipinski definition) is 1. The predicted molar refractivity (Wildman–Crippen MR) is 69.3 cm³/mol. The van der Waals surface area contributed by atoms with Gasteiger partial charge < -0.3 is 5.73 Å². The maximum Gasteiger partial charge on any atom is 0.0326 e. The lowest BCUT2D eigenvalue weighted by atomic mass is 9.80. The van der Waals surface area contributed by atoms with Crippen LogP contribution in [0.2, 0.25) is 0 Å². The monoisotopic (exact) mass is 217 g/mol. The fourth-order valence-corrected chi connectivity index (χ4v) is 2.93. The van der Waals surface area contributed by atoms with Crippen LogP contribution in [0.3, 0.4) is 0 Å². The molecule has 0 heterocycles. The van der Waals surface area contributed by atoms with E-state index in [1.165, 1.54) is 43.2 Å². The van der Waals surface area contributed by atoms with Crippen molar-refractivity contribution in [3.63, 3.8) is 0 Å². The molecule has 1 aromatic carbocycles. The molecule has 16 heavy (non-hydrogen) atoms. The zero-order chi connectivity index (χ0) is 11.4. The third-order valence-electron chi connectivity index (χ3n) is 3.95. The highest BCUT2D eigenvalue weighted by Crippen LogP contribution is 2.34. The van der Waals surface area contributed by atoms with Crippen molar-refractivity contribution in [1.82, 2.24) is 0 Å². The quantitative estimate of drug-likeness (QED) is 0.818. The van der Waals surface area contributed by atoms with Crippen molar-refractivity contribution >= 4 is 0 Å². The van der Waals surface area contributed by atoms with Gasteiger partial charge in [-0.25, -0.2) is 0 Å². The van der Waals surface area contributed by atoms with Crippen LogP contribution in [0, 0.1) is 5.92 Å². The number of hydrogen-bond acceptors (Lipinski definition) is 1. The standard InChI is InChI=1S/C15H23N/c1-2-12-8-6-7-11-14(12)15(16)13-9-4-3-5-10-13/h6-8,11,13,15H,2-5,9-10,16H2,1H3. The van der Waals surface area contributed by atoms with Gasteiger partial charge in [0.25, 0.3) is 0 Å². The SMILES string of the molecule is CCc1ccccc1C(N)C1CCCCC1. The van der Waals surface area contributed by atoms with Crippen molar-refractivity contribution in [3.05, 3.63) is 35.4 Å². The summed E-state index contributed by atoms with van der Waals surface area (Å²) in [5, 5.41) is 0. The van der Waals surface area contributed by atoms with Gasteiger partial charge in [0.05, 0.1) is 0 Å². The molecule has 1 aliphatic carbocycles. The number of aryl methyl sites for hydroxylation is 1. The minimum Gasteiger partial charge on any atom is -0.324 e. The van der Waals surface area contributed by atoms with Gasteiger partial charge in [-0.1, -0.05) is 50.5 Å². The van der Waals surface area contributed by atoms with Crippen LogP contribution in [-0.2, 0) is 6.42 Å². The second kappa shape index (κ2) is 5.49. The minimum atomic E-state index is 0.261. The van der Waals surface area contributed by atoms with E-state index in [9.17, 15) is 0 Å². The molecule has 0 amide bonds. The molecule has 0 aliphatic heterocycles. The Morgan fingerprint density at radius 2 is 1.88 bits per heavy atom. The first-order chi connectivity index (χ1) is 7.83. The molecule has 0 spiro atoms. The van der Waals surface area contributed by atoms with Gasteiger partial charge >= 0.3 is 0 Å². The van der Waals surface area contributed by atoms with Crippen LogP contribution in [0.25, 0.3) is 0 Å². The summed E-state index contributed by atoms with van der Waals surface area (Å²) < 4.78 is 0. The summed E-state index contributed by atoms with van der Waals surface area (Å²) >= 11 is 0. The van der Waals surface area contributed by atoms with Crippen LogP contribution < -0.4 is 5.73 Å². The first kappa shape index (κ1) is 11.7. The van der Waals surface area contributed by atoms with Gasteiger partial charge in [-0.05, 0) is 36.3 Å². The Bertz CT molecular complexity index is 326. The average molecular weight is 217 g/mol. The minimum absolute atomic E-state index is 0.261. The molecule has 1 nitrogen and oxygen atoms in total. The maximum absolute atomic E-state index is 6.45. The molecule has 2 rings (SSSR count). The van der Waals surface area contributed by atoms with E-state index < -0.39 is 0 Å². The van der Waals surface area contributed by atoms with E-state index in [1.807, 2.05) is 0 Å². The van der Waals surface area contributed by atoms with Crippen LogP contribution in [0.4, 0.5) is 0 Å². The van der Waals surface area contributed by atoms with Crippen molar-refractivity contribution in [3.8, 4) is 0 Å². The first-order valence-corrected chi connectivity index (χ1v) is 6.66. The van der Waals surface area contributed by atoms with Crippen LogP contribution in [-0.4, -0.2) is 0 Å². The molecular weight excluding hydrogens is 194 g/mol. The van der Waals surface area contributed by atoms with Crippen LogP contribution >= 0.6 is 0 Å². The Hall–Kier alpha value is -0.820. The lowest BCUT2D eigenvalue weighted by Gasteiger charge is -2.29. The molecule has 0 aromatic heterocycles. The van der Waals surface area contributed by atoms with E-state index in [4.69, 9.17) is 5.73 Å². The highest BCUT2D eigenvalue weighted by Gasteiger charge is 2.22. The van der Waals surface area contributed by atoms with Crippen molar-refractivity contribution in [1.29, 1.82) is 0 Å². The van der Waals surface area contributed by atoms with Gasteiger partial charge in [0.1, 0.15) is 0 Å². The zero-order valence-corrected chi connectivity index (χ0v) is 10.3. The van der Waals surface area contributed by atoms with E-state index in [1.54, 1.807) is 0 Å². The van der Waals surface area contributed by atoms with Crippen LogP contribution in [0.1, 0.15) is 56.2 Å². The van der Waals surface area contributed by atoms with Gasteiger partial charge in [-0.2, -0.15) is 0 Å². The molecule has 88 valence electrons. The fraction of sp³-hybridized carbons (Fsp3) is 0.600. The second-order valence-electron chi connectivity index (χ2n) is 4.98. The summed E-state index contributed by atoms with van der Waals surface area (Å²) in [6.45, 7) is 2.21. The smallest absolute Gasteiger partial charge is 0.0326 e. The lowest BCUT2D eigenvalue weighted by Crippen LogP contribution is -2.24. The van der Waals surface area contributed by atoms with Gasteiger partial charge in [-0.3, -0.25) is 0 Å². The highest BCUT2D eigenvalue weighted by atomic mass is 14.7. The summed E-state index contributed by atoms with van der Waals surface area (Å²) in [6.07, 6.45) is 7.87. The predicted octanol–water partition coefficient (Wildman–Crippen LogP) is 3.83. The van der Waals surface area contributed by atoms with Gasteiger partial charge in [-0.15, -0.1) is 0 Å². The number of benzene rings is 1. The van der Waals surface area contributed by atoms with Crippen molar-refractivity contribution < 1.29 is 0 Å². The normalized spacial score (nSPS) is 19.6. The third-order valence-corrected chi connectivity index (χ3v) is 3.95. The molecule has 1 unspecified atom stereocenters. The molecule has 1 aromatic rings. The summed E-state index contributed by atoms with van der Waals surface area (Å²) in [6, 6.07) is 8.94. The molecule has 2 N–H and O–H groups in total. The van der Waals surface area contributed by atoms with Crippen molar-refractivity contribution in [2.24, 2.45) is 11.7 Å². The van der Waals surface area contributed by atoms with E-state index in [0.717, 1.165) is 6.42 Å². The lowest BCUT2D eigenvalue weighted by molar-refractivity contribution is 0.307. The second-order valence-corrected chi connectivity index (χ2v) is 4.98. The molecule has 0 radical (unpaired) electrons. The summed E-state index contributed by atoms with van der Waals surface area (Å²) in [7, 11) is 0. The first-order valence-electron chi connectivity index (χ1n) is 6.66. The largest absolute Gasteiger partial charge is 0.324 e. The Morgan fingerprint density at radius 3 is 2.56 bits per heavy atom. The van der Waals surface area contributed by atoms with Gasteiger partial charge in [0.15, 0.2) is 0 Å². The Morgan fingerprint density at radius 1 is 1.19 bits per heavy atom. The maximum atomic E-state index is 6.45. The molecule has 1 saturated carbocycles. The zero-order valence-electron chi connectivity index (χ0n) is 10.3. The van der Waals surface area contributed by atoms with E-state index in [2.05, 4.69) is 31.2 Å². The highest BCUT2D eigenvalue weighted by molar-refractivity contribution is 5.30. The van der Waals surface area contributed by atoms with Gasteiger partial charge in [0, 0.05) is 6.04 Å². The average Bonchev–Trinajstić information content (AvgIpc) is 2.39. The summed E-state index contributed by atoms with van der Waals surface area (Å²) in [5.41, 5.74) is 9.26. The third kappa shape index (κ3) is 2.46. The Balaban J connectivity index is 2.15. The van der Waals surface area contributed by atoms with E-state index in [-0.39, 0.29) is 6.04 Å². The molecule has 0 bridgehead atoms. The number of nitrogens with two attached hydrogens (primary N) is 1. The molecule has 1 heteroatoms. The summed E-state index contributed by atoms with van der Waals surface area (Å²) in [4.78, 5) is 0. The van der Waals surface area contributed by atoms with E-state index in [0.29, 0.717) is 5.92 Å².